The number of hydrogen-bond donors (Lipinski definition) is 1. The first-order valence-corrected chi connectivity index (χ1v) is 12.4. The van der Waals surface area contributed by atoms with Gasteiger partial charge in [-0.3, -0.25) is 0 Å². The van der Waals surface area contributed by atoms with Crippen molar-refractivity contribution in [1.29, 1.82) is 0 Å². The van der Waals surface area contributed by atoms with Crippen LogP contribution in [0.25, 0.3) is 0 Å². The molecule has 1 N–H and O–H groups in total. The molecule has 1 aliphatic rings. The molecule has 3 rings (SSSR count). The van der Waals surface area contributed by atoms with Crippen LogP contribution < -0.4 is 10.4 Å². The largest absolute Gasteiger partial charge is 0.407 e. The molecule has 1 aliphatic heterocycles. The van der Waals surface area contributed by atoms with Gasteiger partial charge in [-0.2, -0.15) is 0 Å². The van der Waals surface area contributed by atoms with Gasteiger partial charge in [-0.05, 0) is 36.1 Å². The smallest absolute Gasteiger partial charge is 0.240 e. The van der Waals surface area contributed by atoms with E-state index >= 15 is 0 Å². The van der Waals surface area contributed by atoms with Gasteiger partial charge in [-0.25, -0.2) is 0 Å². The molecule has 0 spiro atoms. The zero-order valence-corrected chi connectivity index (χ0v) is 20.1. The van der Waals surface area contributed by atoms with Gasteiger partial charge >= 0.3 is 0 Å². The van der Waals surface area contributed by atoms with Crippen LogP contribution in [0.5, 0.6) is 0 Å². The minimum Gasteiger partial charge on any atom is -0.407 e. The Kier molecular flexibility index (Phi) is 7.20. The average Bonchev–Trinajstić information content (AvgIpc) is 2.71. The van der Waals surface area contributed by atoms with Crippen molar-refractivity contribution in [1.82, 2.24) is 0 Å². The van der Waals surface area contributed by atoms with Gasteiger partial charge in [0, 0.05) is 12.0 Å². The Morgan fingerprint density at radius 1 is 0.933 bits per heavy atom. The first-order chi connectivity index (χ1) is 14.2. The predicted octanol–water partition coefficient (Wildman–Crippen LogP) is 3.11. The monoisotopic (exact) mass is 428 g/mol. The Hall–Kier alpha value is -1.50. The summed E-state index contributed by atoms with van der Waals surface area (Å²) in [6.07, 6.45) is 0.445. The Morgan fingerprint density at radius 2 is 1.40 bits per heavy atom. The zero-order valence-electron chi connectivity index (χ0n) is 18.9. The molecule has 0 radical (unpaired) electrons. The molecule has 1 unspecified atom stereocenters. The van der Waals surface area contributed by atoms with Gasteiger partial charge in [0.2, 0.25) is 9.04 Å². The lowest BCUT2D eigenvalue weighted by atomic mass is 9.69. The van der Waals surface area contributed by atoms with Crippen molar-refractivity contribution >= 4 is 19.4 Å². The van der Waals surface area contributed by atoms with E-state index in [9.17, 15) is 5.11 Å². The van der Waals surface area contributed by atoms with Crippen LogP contribution in [-0.2, 0) is 13.9 Å². The molecule has 30 heavy (non-hydrogen) atoms. The van der Waals surface area contributed by atoms with Crippen molar-refractivity contribution in [2.45, 2.75) is 52.9 Å². The second-order valence-corrected chi connectivity index (χ2v) is 12.3. The third-order valence-corrected chi connectivity index (χ3v) is 8.37. The fourth-order valence-electron chi connectivity index (χ4n) is 4.38. The van der Waals surface area contributed by atoms with Crippen LogP contribution in [0.1, 0.15) is 41.0 Å². The minimum atomic E-state index is -1.97. The van der Waals surface area contributed by atoms with E-state index in [1.807, 2.05) is 26.0 Å². The number of ether oxygens (including phenoxy) is 2. The molecular weight excluding hydrogens is 392 g/mol. The van der Waals surface area contributed by atoms with Crippen LogP contribution in [0.3, 0.4) is 0 Å². The van der Waals surface area contributed by atoms with E-state index in [0.717, 1.165) is 0 Å². The molecule has 164 valence electrons. The lowest BCUT2D eigenvalue weighted by Gasteiger charge is -2.52. The van der Waals surface area contributed by atoms with Gasteiger partial charge in [0.05, 0.1) is 19.3 Å². The van der Waals surface area contributed by atoms with Crippen molar-refractivity contribution in [3.8, 4) is 0 Å². The lowest BCUT2D eigenvalue weighted by Crippen LogP contribution is -2.60. The first kappa shape index (κ1) is 23.2. The molecule has 0 saturated carbocycles. The van der Waals surface area contributed by atoms with Crippen LogP contribution in [0.2, 0.25) is 0 Å². The molecule has 5 heteroatoms. The van der Waals surface area contributed by atoms with E-state index < -0.39 is 20.2 Å². The summed E-state index contributed by atoms with van der Waals surface area (Å²) in [5, 5.41) is 12.4. The minimum absolute atomic E-state index is 0.0754. The van der Waals surface area contributed by atoms with Crippen molar-refractivity contribution in [3.05, 3.63) is 60.7 Å². The van der Waals surface area contributed by atoms with E-state index in [-0.39, 0.29) is 18.1 Å². The maximum Gasteiger partial charge on any atom is 0.240 e. The SMILES string of the molecule is CC1(C)OCC(CCO)(C(O[SiH](c2ccccc2)c2ccccc2)C(C)(C)C)CO1. The molecule has 0 aliphatic carbocycles. The molecular formula is C25H36O4Si. The van der Waals surface area contributed by atoms with Crippen LogP contribution in [0.4, 0.5) is 0 Å². The molecule has 0 amide bonds. The maximum absolute atomic E-state index is 9.94. The molecule has 1 atom stereocenters. The summed E-state index contributed by atoms with van der Waals surface area (Å²) in [7, 11) is -1.97. The highest BCUT2D eigenvalue weighted by Crippen LogP contribution is 2.44. The maximum atomic E-state index is 9.94. The number of aliphatic hydroxyl groups excluding tert-OH is 1. The molecule has 1 fully saturated rings. The topological polar surface area (TPSA) is 47.9 Å². The molecule has 4 nitrogen and oxygen atoms in total. The highest BCUT2D eigenvalue weighted by atomic mass is 28.3. The molecule has 1 saturated heterocycles. The quantitative estimate of drug-likeness (QED) is 0.689. The van der Waals surface area contributed by atoms with Gasteiger partial charge in [-0.1, -0.05) is 81.4 Å². The van der Waals surface area contributed by atoms with E-state index in [2.05, 4.69) is 69.3 Å². The molecule has 2 aromatic rings. The summed E-state index contributed by atoms with van der Waals surface area (Å²) in [5.74, 6) is -0.614. The fourth-order valence-corrected chi connectivity index (χ4v) is 7.19. The third-order valence-electron chi connectivity index (χ3n) is 5.84. The Balaban J connectivity index is 2.01. The molecule has 0 aromatic heterocycles. The fraction of sp³-hybridized carbons (Fsp3) is 0.520. The first-order valence-electron chi connectivity index (χ1n) is 10.8. The van der Waals surface area contributed by atoms with E-state index in [1.165, 1.54) is 10.4 Å². The van der Waals surface area contributed by atoms with Crippen molar-refractivity contribution in [2.24, 2.45) is 10.8 Å². The lowest BCUT2D eigenvalue weighted by molar-refractivity contribution is -0.305. The number of hydrogen-bond acceptors (Lipinski definition) is 4. The van der Waals surface area contributed by atoms with E-state index in [4.69, 9.17) is 13.9 Å². The summed E-state index contributed by atoms with van der Waals surface area (Å²) in [4.78, 5) is 0. The second-order valence-electron chi connectivity index (χ2n) is 9.90. The van der Waals surface area contributed by atoms with Crippen LogP contribution >= 0.6 is 0 Å². The van der Waals surface area contributed by atoms with Gasteiger partial charge < -0.3 is 19.0 Å². The van der Waals surface area contributed by atoms with Crippen molar-refractivity contribution in [2.75, 3.05) is 19.8 Å². The van der Waals surface area contributed by atoms with Gasteiger partial charge in [0.15, 0.2) is 5.79 Å². The summed E-state index contributed by atoms with van der Waals surface area (Å²) in [5.41, 5.74) is -0.560. The number of rotatable bonds is 7. The Bertz CT molecular complexity index is 736. The predicted molar refractivity (Wildman–Crippen MR) is 124 cm³/mol. The molecule has 1 heterocycles. The Labute approximate surface area is 182 Å². The summed E-state index contributed by atoms with van der Waals surface area (Å²) < 4.78 is 19.3. The average molecular weight is 429 g/mol. The standard InChI is InChI=1S/C25H36O4Si/c1-23(2,3)22(25(16-17-26)18-27-24(4,5)28-19-25)29-30(20-12-8-6-9-13-20)21-14-10-7-11-15-21/h6-15,22,26,30H,16-19H2,1-5H3. The highest BCUT2D eigenvalue weighted by molar-refractivity contribution is 6.80. The second kappa shape index (κ2) is 9.33. The van der Waals surface area contributed by atoms with Crippen LogP contribution in [0, 0.1) is 10.8 Å². The third kappa shape index (κ3) is 5.40. The summed E-state index contributed by atoms with van der Waals surface area (Å²) >= 11 is 0. The van der Waals surface area contributed by atoms with Crippen LogP contribution in [-0.4, -0.2) is 45.9 Å². The van der Waals surface area contributed by atoms with Crippen molar-refractivity contribution < 1.29 is 19.0 Å². The van der Waals surface area contributed by atoms with Gasteiger partial charge in [-0.15, -0.1) is 0 Å². The van der Waals surface area contributed by atoms with E-state index in [0.29, 0.717) is 19.6 Å². The number of benzene rings is 2. The zero-order chi connectivity index (χ0) is 21.8. The van der Waals surface area contributed by atoms with Gasteiger partial charge in [0.25, 0.3) is 0 Å². The molecule has 0 bridgehead atoms. The normalized spacial score (nSPS) is 19.6. The van der Waals surface area contributed by atoms with Crippen molar-refractivity contribution in [3.63, 3.8) is 0 Å². The van der Waals surface area contributed by atoms with E-state index in [1.54, 1.807) is 0 Å². The summed E-state index contributed by atoms with van der Waals surface area (Å²) in [6.45, 7) is 11.6. The number of aliphatic hydroxyl groups is 1. The Morgan fingerprint density at radius 3 is 1.80 bits per heavy atom. The summed E-state index contributed by atoms with van der Waals surface area (Å²) in [6, 6.07) is 21.0. The molecule has 2 aromatic carbocycles. The van der Waals surface area contributed by atoms with Gasteiger partial charge in [0.1, 0.15) is 0 Å². The highest BCUT2D eigenvalue weighted by Gasteiger charge is 2.51. The van der Waals surface area contributed by atoms with Crippen LogP contribution in [0.15, 0.2) is 60.7 Å².